The average Bonchev–Trinajstić information content (AvgIpc) is 2.48. The van der Waals surface area contributed by atoms with Crippen LogP contribution in [0.1, 0.15) is 15.9 Å². The Hall–Kier alpha value is -2.80. The van der Waals surface area contributed by atoms with Crippen LogP contribution in [0.2, 0.25) is 0 Å². The third-order valence-corrected chi connectivity index (χ3v) is 2.65. The molecule has 2 aromatic rings. The molecule has 108 valence electrons. The monoisotopic (exact) mass is 290 g/mol. The first-order chi connectivity index (χ1) is 10.1. The molecule has 0 aliphatic carbocycles. The van der Waals surface area contributed by atoms with Crippen molar-refractivity contribution in [1.29, 1.82) is 0 Å². The summed E-state index contributed by atoms with van der Waals surface area (Å²) in [4.78, 5) is 26.6. The van der Waals surface area contributed by atoms with Gasteiger partial charge in [-0.3, -0.25) is 19.7 Å². The maximum atomic E-state index is 13.5. The van der Waals surface area contributed by atoms with E-state index in [1.54, 1.807) is 24.3 Å². The van der Waals surface area contributed by atoms with Crippen LogP contribution in [0.15, 0.2) is 48.5 Å². The van der Waals surface area contributed by atoms with Crippen molar-refractivity contribution < 1.29 is 18.9 Å². The van der Waals surface area contributed by atoms with Crippen molar-refractivity contribution in [3.8, 4) is 0 Å². The van der Waals surface area contributed by atoms with Gasteiger partial charge in [0.05, 0.1) is 17.1 Å². The molecule has 21 heavy (non-hydrogen) atoms. The van der Waals surface area contributed by atoms with Crippen LogP contribution in [0.4, 0.5) is 10.1 Å². The molecule has 0 saturated carbocycles. The highest BCUT2D eigenvalue weighted by Crippen LogP contribution is 2.16. The number of nitro groups is 1. The summed E-state index contributed by atoms with van der Waals surface area (Å²) in [5.74, 6) is -1.74. The third kappa shape index (κ3) is 3.83. The summed E-state index contributed by atoms with van der Waals surface area (Å²) in [5.41, 5.74) is 2.05. The van der Waals surface area contributed by atoms with Gasteiger partial charge in [-0.25, -0.2) is 9.87 Å². The largest absolute Gasteiger partial charge is 0.278 e. The lowest BCUT2D eigenvalue weighted by molar-refractivity contribution is -0.384. The maximum Gasteiger partial charge on any atom is 0.278 e. The Labute approximate surface area is 119 Å². The molecule has 0 spiro atoms. The molecule has 2 aromatic carbocycles. The number of rotatable bonds is 5. The Morgan fingerprint density at radius 1 is 1.24 bits per heavy atom. The van der Waals surface area contributed by atoms with Gasteiger partial charge in [-0.2, -0.15) is 0 Å². The quantitative estimate of drug-likeness (QED) is 0.678. The number of hydroxylamine groups is 1. The van der Waals surface area contributed by atoms with Crippen molar-refractivity contribution in [3.05, 3.63) is 75.6 Å². The van der Waals surface area contributed by atoms with Crippen LogP contribution in [0.5, 0.6) is 0 Å². The van der Waals surface area contributed by atoms with Crippen LogP contribution in [-0.2, 0) is 11.4 Å². The maximum absolute atomic E-state index is 13.5. The number of nitrogens with one attached hydrogen (secondary N) is 1. The van der Waals surface area contributed by atoms with E-state index in [-0.39, 0.29) is 12.3 Å². The van der Waals surface area contributed by atoms with E-state index >= 15 is 0 Å². The lowest BCUT2D eigenvalue weighted by atomic mass is 10.2. The third-order valence-electron chi connectivity index (χ3n) is 2.65. The van der Waals surface area contributed by atoms with Gasteiger partial charge in [0.2, 0.25) is 0 Å². The first kappa shape index (κ1) is 14.6. The first-order valence-electron chi connectivity index (χ1n) is 5.98. The first-order valence-corrected chi connectivity index (χ1v) is 5.98. The Balaban J connectivity index is 2.00. The summed E-state index contributed by atoms with van der Waals surface area (Å²) in [7, 11) is 0. The van der Waals surface area contributed by atoms with E-state index in [0.717, 1.165) is 23.8 Å². The molecule has 0 bridgehead atoms. The van der Waals surface area contributed by atoms with Gasteiger partial charge in [-0.15, -0.1) is 0 Å². The standard InChI is InChI=1S/C14H11FN2O4/c15-13-7-6-11(17(19)20)8-12(13)14(18)16-21-9-10-4-2-1-3-5-10/h1-8H,9H2,(H,16,18). The second-order valence-electron chi connectivity index (χ2n) is 4.13. The Bertz CT molecular complexity index is 661. The molecule has 0 aliphatic heterocycles. The van der Waals surface area contributed by atoms with Crippen LogP contribution >= 0.6 is 0 Å². The zero-order chi connectivity index (χ0) is 15.2. The lowest BCUT2D eigenvalue weighted by Gasteiger charge is -2.06. The Kier molecular flexibility index (Phi) is 4.57. The van der Waals surface area contributed by atoms with Gasteiger partial charge in [0, 0.05) is 12.1 Å². The summed E-state index contributed by atoms with van der Waals surface area (Å²) in [6.45, 7) is 0.100. The van der Waals surface area contributed by atoms with E-state index in [2.05, 4.69) is 5.48 Å². The highest BCUT2D eigenvalue weighted by molar-refractivity contribution is 5.94. The second kappa shape index (κ2) is 6.58. The molecule has 0 aromatic heterocycles. The fourth-order valence-corrected chi connectivity index (χ4v) is 1.62. The molecule has 1 N–H and O–H groups in total. The van der Waals surface area contributed by atoms with Crippen LogP contribution < -0.4 is 5.48 Å². The average molecular weight is 290 g/mol. The number of non-ortho nitro benzene ring substituents is 1. The van der Waals surface area contributed by atoms with Crippen LogP contribution in [0, 0.1) is 15.9 Å². The minimum Gasteiger partial charge on any atom is -0.269 e. The normalized spacial score (nSPS) is 10.1. The molecule has 0 radical (unpaired) electrons. The SMILES string of the molecule is O=C(NOCc1ccccc1)c1cc([N+](=O)[O-])ccc1F. The minimum atomic E-state index is -0.882. The van der Waals surface area contributed by atoms with Crippen molar-refractivity contribution in [3.63, 3.8) is 0 Å². The molecule has 0 aliphatic rings. The fraction of sp³-hybridized carbons (Fsp3) is 0.0714. The number of benzene rings is 2. The molecule has 0 fully saturated rings. The van der Waals surface area contributed by atoms with Gasteiger partial charge in [0.25, 0.3) is 11.6 Å². The van der Waals surface area contributed by atoms with Gasteiger partial charge in [0.1, 0.15) is 5.82 Å². The number of amides is 1. The van der Waals surface area contributed by atoms with Crippen LogP contribution in [-0.4, -0.2) is 10.8 Å². The minimum absolute atomic E-state index is 0.100. The van der Waals surface area contributed by atoms with Crippen molar-refractivity contribution in [1.82, 2.24) is 5.48 Å². The highest BCUT2D eigenvalue weighted by Gasteiger charge is 2.16. The predicted octanol–water partition coefficient (Wildman–Crippen LogP) is 2.60. The van der Waals surface area contributed by atoms with Crippen LogP contribution in [0.3, 0.4) is 0 Å². The van der Waals surface area contributed by atoms with E-state index in [9.17, 15) is 19.3 Å². The van der Waals surface area contributed by atoms with Gasteiger partial charge in [-0.1, -0.05) is 30.3 Å². The number of carbonyl (C=O) groups is 1. The summed E-state index contributed by atoms with van der Waals surface area (Å²) in [6, 6.07) is 11.7. The number of nitro benzene ring substituents is 1. The summed E-state index contributed by atoms with van der Waals surface area (Å²) in [5, 5.41) is 10.6. The van der Waals surface area contributed by atoms with E-state index < -0.39 is 22.2 Å². The van der Waals surface area contributed by atoms with Gasteiger partial charge < -0.3 is 0 Å². The van der Waals surface area contributed by atoms with Crippen molar-refractivity contribution in [2.24, 2.45) is 0 Å². The predicted molar refractivity (Wildman–Crippen MR) is 71.8 cm³/mol. The topological polar surface area (TPSA) is 81.5 Å². The number of halogens is 1. The Morgan fingerprint density at radius 3 is 2.62 bits per heavy atom. The summed E-state index contributed by atoms with van der Waals surface area (Å²) < 4.78 is 13.5. The molecule has 0 atom stereocenters. The second-order valence-corrected chi connectivity index (χ2v) is 4.13. The highest BCUT2D eigenvalue weighted by atomic mass is 19.1. The van der Waals surface area contributed by atoms with Crippen molar-refractivity contribution >= 4 is 11.6 Å². The molecule has 0 saturated heterocycles. The molecule has 7 heteroatoms. The van der Waals surface area contributed by atoms with Crippen molar-refractivity contribution in [2.45, 2.75) is 6.61 Å². The van der Waals surface area contributed by atoms with E-state index in [1.807, 2.05) is 6.07 Å². The number of hydrogen-bond donors (Lipinski definition) is 1. The number of nitrogens with zero attached hydrogens (tertiary/aromatic N) is 1. The lowest BCUT2D eigenvalue weighted by Crippen LogP contribution is -2.24. The fourth-order valence-electron chi connectivity index (χ4n) is 1.62. The van der Waals surface area contributed by atoms with Gasteiger partial charge in [0.15, 0.2) is 0 Å². The number of carbonyl (C=O) groups excluding carboxylic acids is 1. The summed E-state index contributed by atoms with van der Waals surface area (Å²) >= 11 is 0. The number of hydrogen-bond acceptors (Lipinski definition) is 4. The molecule has 6 nitrogen and oxygen atoms in total. The zero-order valence-electron chi connectivity index (χ0n) is 10.8. The van der Waals surface area contributed by atoms with E-state index in [1.165, 1.54) is 0 Å². The Morgan fingerprint density at radius 2 is 1.95 bits per heavy atom. The smallest absolute Gasteiger partial charge is 0.269 e. The van der Waals surface area contributed by atoms with Gasteiger partial charge in [-0.05, 0) is 11.6 Å². The van der Waals surface area contributed by atoms with Crippen LogP contribution in [0.25, 0.3) is 0 Å². The molecular formula is C14H11FN2O4. The van der Waals surface area contributed by atoms with E-state index in [4.69, 9.17) is 4.84 Å². The molecular weight excluding hydrogens is 279 g/mol. The molecule has 1 amide bonds. The molecule has 2 rings (SSSR count). The molecule has 0 heterocycles. The molecule has 0 unspecified atom stereocenters. The zero-order valence-corrected chi connectivity index (χ0v) is 10.8. The van der Waals surface area contributed by atoms with Crippen molar-refractivity contribution in [2.75, 3.05) is 0 Å². The van der Waals surface area contributed by atoms with E-state index in [0.29, 0.717) is 0 Å². The van der Waals surface area contributed by atoms with Gasteiger partial charge >= 0.3 is 0 Å². The summed E-state index contributed by atoms with van der Waals surface area (Å²) in [6.07, 6.45) is 0.